The summed E-state index contributed by atoms with van der Waals surface area (Å²) in [4.78, 5) is 10.4. The number of nitrogens with one attached hydrogen (secondary N) is 1. The highest BCUT2D eigenvalue weighted by molar-refractivity contribution is 5.47. The Labute approximate surface area is 89.4 Å². The van der Waals surface area contributed by atoms with Crippen LogP contribution in [-0.2, 0) is 11.3 Å². The van der Waals surface area contributed by atoms with Crippen LogP contribution in [0.15, 0.2) is 6.07 Å². The Balaban J connectivity index is 2.90. The van der Waals surface area contributed by atoms with Crippen molar-refractivity contribution in [2.24, 2.45) is 5.84 Å². The largest absolute Gasteiger partial charge is 0.374 e. The number of hydrazine groups is 1. The van der Waals surface area contributed by atoms with Crippen molar-refractivity contribution in [2.45, 2.75) is 13.5 Å². The third-order valence-corrected chi connectivity index (χ3v) is 1.80. The first-order chi connectivity index (χ1) is 7.17. The maximum atomic E-state index is 5.32. The van der Waals surface area contributed by atoms with E-state index >= 15 is 0 Å². The van der Waals surface area contributed by atoms with E-state index in [4.69, 9.17) is 10.6 Å². The molecule has 0 unspecified atom stereocenters. The molecule has 0 radical (unpaired) electrons. The number of nitrogens with two attached hydrogens (primary N) is 1. The Kier molecular flexibility index (Phi) is 4.26. The van der Waals surface area contributed by atoms with Gasteiger partial charge in [0.2, 0.25) is 0 Å². The lowest BCUT2D eigenvalue weighted by atomic mass is 10.4. The number of hydrogen-bond acceptors (Lipinski definition) is 6. The lowest BCUT2D eigenvalue weighted by Crippen LogP contribution is -2.16. The minimum Gasteiger partial charge on any atom is -0.374 e. The Morgan fingerprint density at radius 1 is 1.47 bits per heavy atom. The summed E-state index contributed by atoms with van der Waals surface area (Å²) >= 11 is 0. The molecule has 1 aromatic rings. The Morgan fingerprint density at radius 2 is 2.20 bits per heavy atom. The van der Waals surface area contributed by atoms with E-state index in [-0.39, 0.29) is 0 Å². The van der Waals surface area contributed by atoms with Gasteiger partial charge in [0.05, 0.1) is 0 Å². The molecule has 0 amide bonds. The van der Waals surface area contributed by atoms with E-state index in [0.29, 0.717) is 24.9 Å². The summed E-state index contributed by atoms with van der Waals surface area (Å²) in [6, 6.07) is 1.77. The summed E-state index contributed by atoms with van der Waals surface area (Å²) in [6.45, 7) is 2.96. The van der Waals surface area contributed by atoms with Crippen LogP contribution >= 0.6 is 0 Å². The van der Waals surface area contributed by atoms with Gasteiger partial charge in [-0.3, -0.25) is 0 Å². The average Bonchev–Trinajstić information content (AvgIpc) is 2.25. The topological polar surface area (TPSA) is 76.3 Å². The van der Waals surface area contributed by atoms with E-state index in [1.165, 1.54) is 0 Å². The van der Waals surface area contributed by atoms with E-state index in [2.05, 4.69) is 15.4 Å². The smallest absolute Gasteiger partial charge is 0.158 e. The zero-order valence-corrected chi connectivity index (χ0v) is 9.32. The quantitative estimate of drug-likeness (QED) is 0.541. The van der Waals surface area contributed by atoms with Gasteiger partial charge in [-0.1, -0.05) is 0 Å². The second-order valence-electron chi connectivity index (χ2n) is 3.20. The van der Waals surface area contributed by atoms with Gasteiger partial charge in [0.25, 0.3) is 0 Å². The fourth-order valence-electron chi connectivity index (χ4n) is 1.04. The van der Waals surface area contributed by atoms with Gasteiger partial charge in [-0.25, -0.2) is 15.8 Å². The number of ether oxygens (including phenoxy) is 1. The third kappa shape index (κ3) is 3.34. The average molecular weight is 211 g/mol. The maximum Gasteiger partial charge on any atom is 0.158 e. The summed E-state index contributed by atoms with van der Waals surface area (Å²) in [7, 11) is 3.82. The summed E-state index contributed by atoms with van der Waals surface area (Å²) < 4.78 is 5.24. The Hall–Kier alpha value is -1.40. The predicted octanol–water partition coefficient (Wildman–Crippen LogP) is 0.365. The molecule has 0 aliphatic carbocycles. The molecule has 0 saturated heterocycles. The number of hydrogen-bond donors (Lipinski definition) is 2. The molecule has 0 aliphatic rings. The van der Waals surface area contributed by atoms with E-state index in [9.17, 15) is 0 Å². The van der Waals surface area contributed by atoms with Crippen molar-refractivity contribution in [1.82, 2.24) is 9.97 Å². The van der Waals surface area contributed by atoms with Crippen LogP contribution in [0.1, 0.15) is 12.7 Å². The van der Waals surface area contributed by atoms with Crippen molar-refractivity contribution in [2.75, 3.05) is 31.0 Å². The summed E-state index contributed by atoms with van der Waals surface area (Å²) in [5, 5.41) is 0. The molecular formula is C9H17N5O. The highest BCUT2D eigenvalue weighted by atomic mass is 16.5. The predicted molar refractivity (Wildman–Crippen MR) is 59.5 cm³/mol. The first kappa shape index (κ1) is 11.7. The maximum absolute atomic E-state index is 5.32. The van der Waals surface area contributed by atoms with Crippen LogP contribution in [-0.4, -0.2) is 30.7 Å². The molecule has 0 aliphatic heterocycles. The summed E-state index contributed by atoms with van der Waals surface area (Å²) in [6.07, 6.45) is 0. The van der Waals surface area contributed by atoms with Crippen LogP contribution in [0.4, 0.5) is 11.6 Å². The van der Waals surface area contributed by atoms with Crippen LogP contribution in [0.5, 0.6) is 0 Å². The number of rotatable bonds is 5. The number of nitrogens with zero attached hydrogens (tertiary/aromatic N) is 3. The molecule has 1 rings (SSSR count). The summed E-state index contributed by atoms with van der Waals surface area (Å²) in [5.41, 5.74) is 2.51. The molecule has 3 N–H and O–H groups in total. The van der Waals surface area contributed by atoms with Crippen molar-refractivity contribution in [3.63, 3.8) is 0 Å². The van der Waals surface area contributed by atoms with E-state index in [1.54, 1.807) is 6.07 Å². The molecule has 84 valence electrons. The van der Waals surface area contributed by atoms with E-state index < -0.39 is 0 Å². The third-order valence-electron chi connectivity index (χ3n) is 1.80. The standard InChI is InChI=1S/C9H17N5O/c1-4-15-6-8-11-7(13-10)5-9(12-8)14(2)3/h5H,4,6,10H2,1-3H3,(H,11,12,13). The lowest BCUT2D eigenvalue weighted by molar-refractivity contribution is 0.128. The van der Waals surface area contributed by atoms with Crippen LogP contribution in [0, 0.1) is 0 Å². The molecule has 0 bridgehead atoms. The Morgan fingerprint density at radius 3 is 2.73 bits per heavy atom. The van der Waals surface area contributed by atoms with Crippen LogP contribution < -0.4 is 16.2 Å². The van der Waals surface area contributed by atoms with Gasteiger partial charge in [0, 0.05) is 26.8 Å². The van der Waals surface area contributed by atoms with E-state index in [1.807, 2.05) is 25.9 Å². The van der Waals surface area contributed by atoms with Crippen LogP contribution in [0.25, 0.3) is 0 Å². The lowest BCUT2D eigenvalue weighted by Gasteiger charge is -2.13. The molecule has 15 heavy (non-hydrogen) atoms. The minimum absolute atomic E-state index is 0.396. The number of nitrogen functional groups attached to an aromatic ring is 1. The molecule has 1 heterocycles. The second-order valence-corrected chi connectivity index (χ2v) is 3.20. The normalized spacial score (nSPS) is 10.1. The fraction of sp³-hybridized carbons (Fsp3) is 0.556. The zero-order valence-electron chi connectivity index (χ0n) is 9.32. The molecule has 0 aromatic carbocycles. The summed E-state index contributed by atoms with van der Waals surface area (Å²) in [5.74, 6) is 7.32. The van der Waals surface area contributed by atoms with Gasteiger partial charge >= 0.3 is 0 Å². The highest BCUT2D eigenvalue weighted by Gasteiger charge is 2.05. The van der Waals surface area contributed by atoms with Crippen molar-refractivity contribution < 1.29 is 4.74 Å². The highest BCUT2D eigenvalue weighted by Crippen LogP contribution is 2.13. The van der Waals surface area contributed by atoms with Crippen LogP contribution in [0.2, 0.25) is 0 Å². The van der Waals surface area contributed by atoms with Crippen molar-refractivity contribution in [1.29, 1.82) is 0 Å². The van der Waals surface area contributed by atoms with Gasteiger partial charge in [0.15, 0.2) is 5.82 Å². The first-order valence-electron chi connectivity index (χ1n) is 4.77. The van der Waals surface area contributed by atoms with Gasteiger partial charge in [-0.2, -0.15) is 0 Å². The molecule has 0 spiro atoms. The van der Waals surface area contributed by atoms with Crippen molar-refractivity contribution in [3.8, 4) is 0 Å². The van der Waals surface area contributed by atoms with Gasteiger partial charge in [-0.15, -0.1) is 0 Å². The second kappa shape index (κ2) is 5.47. The fourth-order valence-corrected chi connectivity index (χ4v) is 1.04. The first-order valence-corrected chi connectivity index (χ1v) is 4.77. The molecule has 0 atom stereocenters. The monoisotopic (exact) mass is 211 g/mol. The molecule has 0 saturated carbocycles. The van der Waals surface area contributed by atoms with Gasteiger partial charge in [0.1, 0.15) is 18.2 Å². The van der Waals surface area contributed by atoms with Crippen molar-refractivity contribution >= 4 is 11.6 Å². The molecule has 1 aromatic heterocycles. The van der Waals surface area contributed by atoms with Crippen LogP contribution in [0.3, 0.4) is 0 Å². The number of aromatic nitrogens is 2. The molecule has 0 fully saturated rings. The Bertz CT molecular complexity index is 315. The number of anilines is 2. The van der Waals surface area contributed by atoms with Gasteiger partial charge < -0.3 is 15.1 Å². The molecule has 6 nitrogen and oxygen atoms in total. The van der Waals surface area contributed by atoms with E-state index in [0.717, 1.165) is 5.82 Å². The molecular weight excluding hydrogens is 194 g/mol. The SMILES string of the molecule is CCOCc1nc(NN)cc(N(C)C)n1. The zero-order chi connectivity index (χ0) is 11.3. The minimum atomic E-state index is 0.396. The van der Waals surface area contributed by atoms with Gasteiger partial charge in [-0.05, 0) is 6.92 Å². The molecule has 6 heteroatoms. The van der Waals surface area contributed by atoms with Crippen molar-refractivity contribution in [3.05, 3.63) is 11.9 Å².